The SMILES string of the molecule is O=S(=O)(O)C(c1cccc(Cl)c1)(c1cc(Cl)c(O)cc1Cl)c1c(O)cccc1Cl. The Hall–Kier alpha value is -1.67. The minimum atomic E-state index is -5.13. The van der Waals surface area contributed by atoms with E-state index < -0.39 is 26.4 Å². The molecule has 5 nitrogen and oxygen atoms in total. The first-order valence-corrected chi connectivity index (χ1v) is 10.8. The van der Waals surface area contributed by atoms with E-state index in [1.165, 1.54) is 42.5 Å². The number of hydrogen-bond acceptors (Lipinski definition) is 4. The predicted molar refractivity (Wildman–Crippen MR) is 114 cm³/mol. The standard InChI is InChI=1S/C19H12Cl4O5S/c20-11-4-1-3-10(7-11)19(29(26,27)28,18-13(21)5-2-6-16(18)24)12-8-15(23)17(25)9-14(12)22/h1-9,24-25H,(H,26,27,28). The molecule has 0 bridgehead atoms. The lowest BCUT2D eigenvalue weighted by molar-refractivity contribution is 0.440. The van der Waals surface area contributed by atoms with E-state index in [2.05, 4.69) is 0 Å². The second-order valence-electron chi connectivity index (χ2n) is 6.08. The molecule has 0 aliphatic heterocycles. The van der Waals surface area contributed by atoms with Crippen LogP contribution in [0, 0.1) is 0 Å². The van der Waals surface area contributed by atoms with Crippen molar-refractivity contribution in [1.82, 2.24) is 0 Å². The molecule has 29 heavy (non-hydrogen) atoms. The van der Waals surface area contributed by atoms with Crippen LogP contribution in [0.25, 0.3) is 0 Å². The van der Waals surface area contributed by atoms with Gasteiger partial charge in [0.25, 0.3) is 10.1 Å². The third-order valence-corrected chi connectivity index (χ3v) is 6.98. The summed E-state index contributed by atoms with van der Waals surface area (Å²) in [6.45, 7) is 0. The van der Waals surface area contributed by atoms with Gasteiger partial charge in [0.1, 0.15) is 11.5 Å². The van der Waals surface area contributed by atoms with Crippen LogP contribution in [-0.4, -0.2) is 23.2 Å². The van der Waals surface area contributed by atoms with Crippen LogP contribution in [0.1, 0.15) is 16.7 Å². The number of hydrogen-bond donors (Lipinski definition) is 3. The van der Waals surface area contributed by atoms with E-state index in [4.69, 9.17) is 46.4 Å². The summed E-state index contributed by atoms with van der Waals surface area (Å²) >= 11 is 24.7. The number of phenolic OH excluding ortho intramolecular Hbond substituents is 2. The van der Waals surface area contributed by atoms with Gasteiger partial charge in [-0.3, -0.25) is 4.55 Å². The molecule has 0 aliphatic carbocycles. The third-order valence-electron chi connectivity index (χ3n) is 4.38. The molecule has 0 saturated carbocycles. The number of benzene rings is 3. The minimum absolute atomic E-state index is 0.0560. The van der Waals surface area contributed by atoms with Crippen LogP contribution in [0.2, 0.25) is 20.1 Å². The molecule has 0 amide bonds. The van der Waals surface area contributed by atoms with Crippen LogP contribution < -0.4 is 0 Å². The topological polar surface area (TPSA) is 94.8 Å². The maximum absolute atomic E-state index is 13.0. The Balaban J connectivity index is 2.66. The Labute approximate surface area is 186 Å². The minimum Gasteiger partial charge on any atom is -0.508 e. The largest absolute Gasteiger partial charge is 0.508 e. The summed E-state index contributed by atoms with van der Waals surface area (Å²) in [5.74, 6) is -0.922. The molecule has 0 fully saturated rings. The average Bonchev–Trinajstić information content (AvgIpc) is 2.61. The number of aromatic hydroxyl groups is 2. The van der Waals surface area contributed by atoms with Crippen LogP contribution in [0.15, 0.2) is 54.6 Å². The number of halogens is 4. The molecule has 0 saturated heterocycles. The average molecular weight is 494 g/mol. The van der Waals surface area contributed by atoms with Crippen molar-refractivity contribution in [3.8, 4) is 11.5 Å². The molecule has 0 radical (unpaired) electrons. The second kappa shape index (κ2) is 7.87. The van der Waals surface area contributed by atoms with Crippen LogP contribution in [-0.2, 0) is 14.9 Å². The van der Waals surface area contributed by atoms with Gasteiger partial charge in [-0.15, -0.1) is 0 Å². The van der Waals surface area contributed by atoms with E-state index in [9.17, 15) is 23.2 Å². The Morgan fingerprint density at radius 3 is 2.00 bits per heavy atom. The van der Waals surface area contributed by atoms with E-state index in [-0.39, 0.29) is 36.8 Å². The molecule has 152 valence electrons. The third kappa shape index (κ3) is 3.65. The maximum atomic E-state index is 13.0. The van der Waals surface area contributed by atoms with E-state index >= 15 is 0 Å². The number of phenols is 2. The Morgan fingerprint density at radius 1 is 0.759 bits per heavy atom. The molecule has 0 spiro atoms. The summed E-state index contributed by atoms with van der Waals surface area (Å²) in [7, 11) is -5.13. The van der Waals surface area contributed by atoms with Gasteiger partial charge in [-0.1, -0.05) is 64.6 Å². The van der Waals surface area contributed by atoms with E-state index in [0.717, 1.165) is 12.1 Å². The normalized spacial score (nSPS) is 13.8. The number of rotatable bonds is 4. The van der Waals surface area contributed by atoms with E-state index in [1.807, 2.05) is 0 Å². The lowest BCUT2D eigenvalue weighted by Gasteiger charge is -2.34. The van der Waals surface area contributed by atoms with Crippen molar-refractivity contribution < 1.29 is 23.2 Å². The highest BCUT2D eigenvalue weighted by molar-refractivity contribution is 7.87. The molecule has 0 aromatic heterocycles. The highest BCUT2D eigenvalue weighted by Gasteiger charge is 2.52. The summed E-state index contributed by atoms with van der Waals surface area (Å²) < 4.78 is 34.0. The van der Waals surface area contributed by atoms with E-state index in [0.29, 0.717) is 0 Å². The summed E-state index contributed by atoms with van der Waals surface area (Å²) in [4.78, 5) is 0. The van der Waals surface area contributed by atoms with Crippen molar-refractivity contribution in [2.75, 3.05) is 0 Å². The molecule has 3 aromatic rings. The predicted octanol–water partition coefficient (Wildman–Crippen LogP) is 5.89. The summed E-state index contributed by atoms with van der Waals surface area (Å²) in [5, 5.41) is 20.0. The van der Waals surface area contributed by atoms with Crippen LogP contribution >= 0.6 is 46.4 Å². The van der Waals surface area contributed by atoms with Gasteiger partial charge in [-0.05, 0) is 35.9 Å². The van der Waals surface area contributed by atoms with Gasteiger partial charge in [-0.2, -0.15) is 8.42 Å². The molecule has 10 heteroatoms. The lowest BCUT2D eigenvalue weighted by Crippen LogP contribution is -2.39. The zero-order valence-electron chi connectivity index (χ0n) is 14.3. The summed E-state index contributed by atoms with van der Waals surface area (Å²) in [6.07, 6.45) is 0. The fourth-order valence-electron chi connectivity index (χ4n) is 3.23. The van der Waals surface area contributed by atoms with Gasteiger partial charge in [0.05, 0.1) is 5.02 Å². The lowest BCUT2D eigenvalue weighted by atomic mass is 9.83. The molecule has 0 aliphatic rings. The van der Waals surface area contributed by atoms with Crippen LogP contribution in [0.4, 0.5) is 0 Å². The zero-order chi connectivity index (χ0) is 21.6. The van der Waals surface area contributed by atoms with Gasteiger partial charge in [0.2, 0.25) is 0 Å². The van der Waals surface area contributed by atoms with Gasteiger partial charge in [0, 0.05) is 32.3 Å². The fraction of sp³-hybridized carbons (Fsp3) is 0.0526. The highest BCUT2D eigenvalue weighted by Crippen LogP contribution is 2.52. The maximum Gasteiger partial charge on any atom is 0.283 e. The Morgan fingerprint density at radius 2 is 1.41 bits per heavy atom. The van der Waals surface area contributed by atoms with Crippen molar-refractivity contribution in [2.24, 2.45) is 0 Å². The monoisotopic (exact) mass is 492 g/mol. The Bertz CT molecular complexity index is 1190. The molecule has 1 unspecified atom stereocenters. The van der Waals surface area contributed by atoms with Crippen molar-refractivity contribution in [1.29, 1.82) is 0 Å². The molecule has 3 rings (SSSR count). The molecular weight excluding hydrogens is 482 g/mol. The van der Waals surface area contributed by atoms with Gasteiger partial charge in [-0.25, -0.2) is 0 Å². The second-order valence-corrected chi connectivity index (χ2v) is 9.30. The van der Waals surface area contributed by atoms with Crippen LogP contribution in [0.5, 0.6) is 11.5 Å². The fourth-order valence-corrected chi connectivity index (χ4v) is 5.65. The van der Waals surface area contributed by atoms with Gasteiger partial charge >= 0.3 is 0 Å². The van der Waals surface area contributed by atoms with Crippen molar-refractivity contribution in [3.63, 3.8) is 0 Å². The Kier molecular flexibility index (Phi) is 5.98. The molecule has 1 atom stereocenters. The van der Waals surface area contributed by atoms with Crippen molar-refractivity contribution >= 4 is 56.5 Å². The first-order chi connectivity index (χ1) is 13.5. The quantitative estimate of drug-likeness (QED) is 0.311. The van der Waals surface area contributed by atoms with Crippen molar-refractivity contribution in [3.05, 3.63) is 91.4 Å². The van der Waals surface area contributed by atoms with Gasteiger partial charge in [0.15, 0.2) is 4.75 Å². The van der Waals surface area contributed by atoms with E-state index in [1.54, 1.807) is 0 Å². The highest BCUT2D eigenvalue weighted by atomic mass is 35.5. The zero-order valence-corrected chi connectivity index (χ0v) is 18.1. The molecule has 0 heterocycles. The van der Waals surface area contributed by atoms with Crippen molar-refractivity contribution in [2.45, 2.75) is 4.75 Å². The molecular formula is C19H12Cl4O5S. The molecule has 3 aromatic carbocycles. The summed E-state index contributed by atoms with van der Waals surface area (Å²) in [5.41, 5.74) is -0.648. The first kappa shape index (κ1) is 22.0. The summed E-state index contributed by atoms with van der Waals surface area (Å²) in [6, 6.07) is 11.7. The van der Waals surface area contributed by atoms with Gasteiger partial charge < -0.3 is 10.2 Å². The first-order valence-electron chi connectivity index (χ1n) is 7.89. The molecule has 3 N–H and O–H groups in total. The van der Waals surface area contributed by atoms with Crippen LogP contribution in [0.3, 0.4) is 0 Å². The smallest absolute Gasteiger partial charge is 0.283 e.